The quantitative estimate of drug-likeness (QED) is 0.811. The van der Waals surface area contributed by atoms with E-state index in [9.17, 15) is 4.79 Å². The molecule has 0 amide bonds. The number of hydrogen-bond acceptors (Lipinski definition) is 5. The second kappa shape index (κ2) is 4.92. The number of aromatic nitrogens is 3. The molecular weight excluding hydrogens is 244 g/mol. The Morgan fingerprint density at radius 2 is 2.26 bits per heavy atom. The van der Waals surface area contributed by atoms with Gasteiger partial charge in [-0.2, -0.15) is 5.10 Å². The van der Waals surface area contributed by atoms with Gasteiger partial charge >= 0.3 is 5.97 Å². The van der Waals surface area contributed by atoms with Gasteiger partial charge in [0.25, 0.3) is 0 Å². The molecule has 6 nitrogen and oxygen atoms in total. The Balaban J connectivity index is 1.66. The van der Waals surface area contributed by atoms with Gasteiger partial charge in [0.1, 0.15) is 11.9 Å². The number of ether oxygens (including phenoxy) is 1. The lowest BCUT2D eigenvalue weighted by molar-refractivity contribution is -0.139. The third kappa shape index (κ3) is 2.49. The fraction of sp³-hybridized carbons (Fsp3) is 0.769. The Morgan fingerprint density at radius 1 is 1.42 bits per heavy atom. The number of rotatable bonds is 3. The summed E-state index contributed by atoms with van der Waals surface area (Å²) >= 11 is 0. The summed E-state index contributed by atoms with van der Waals surface area (Å²) in [6.45, 7) is 5.53. The monoisotopic (exact) mass is 264 g/mol. The third-order valence-corrected chi connectivity index (χ3v) is 3.76. The van der Waals surface area contributed by atoms with Crippen LogP contribution < -0.4 is 5.32 Å². The van der Waals surface area contributed by atoms with E-state index in [0.29, 0.717) is 12.5 Å². The van der Waals surface area contributed by atoms with Gasteiger partial charge in [-0.25, -0.2) is 9.67 Å². The van der Waals surface area contributed by atoms with Crippen LogP contribution in [0.4, 0.5) is 0 Å². The van der Waals surface area contributed by atoms with Crippen LogP contribution in [-0.4, -0.2) is 39.4 Å². The van der Waals surface area contributed by atoms with Crippen LogP contribution in [0.1, 0.15) is 44.3 Å². The summed E-state index contributed by atoms with van der Waals surface area (Å²) in [4.78, 5) is 16.0. The molecule has 0 radical (unpaired) electrons. The molecule has 0 aliphatic carbocycles. The summed E-state index contributed by atoms with van der Waals surface area (Å²) in [5.41, 5.74) is 0. The highest BCUT2D eigenvalue weighted by molar-refractivity contribution is 5.77. The Bertz CT molecular complexity index is 483. The van der Waals surface area contributed by atoms with Crippen molar-refractivity contribution >= 4 is 5.97 Å². The maximum absolute atomic E-state index is 11.5. The minimum Gasteiger partial charge on any atom is -0.464 e. The first kappa shape index (κ1) is 12.6. The smallest absolute Gasteiger partial charge is 0.323 e. The molecule has 1 aromatic heterocycles. The van der Waals surface area contributed by atoms with Gasteiger partial charge < -0.3 is 4.74 Å². The molecule has 0 spiro atoms. The maximum atomic E-state index is 11.5. The van der Waals surface area contributed by atoms with Crippen LogP contribution in [0.3, 0.4) is 0 Å². The molecule has 2 aliphatic rings. The molecule has 6 heteroatoms. The second-order valence-electron chi connectivity index (χ2n) is 5.63. The average molecular weight is 264 g/mol. The number of cyclic esters (lactones) is 1. The van der Waals surface area contributed by atoms with Crippen molar-refractivity contribution in [3.63, 3.8) is 0 Å². The van der Waals surface area contributed by atoms with Crippen LogP contribution in [0.2, 0.25) is 0 Å². The van der Waals surface area contributed by atoms with Crippen molar-refractivity contribution in [2.24, 2.45) is 0 Å². The number of nitrogens with one attached hydrogen (secondary N) is 1. The Kier molecular flexibility index (Phi) is 3.26. The zero-order valence-corrected chi connectivity index (χ0v) is 11.4. The SMILES string of the molecule is CC(C)c1nc2n(n1)C[C@H](N[C@@H]1CCOC1=O)CC2. The molecule has 0 bridgehead atoms. The predicted octanol–water partition coefficient (Wildman–Crippen LogP) is 0.621. The predicted molar refractivity (Wildman–Crippen MR) is 68.7 cm³/mol. The van der Waals surface area contributed by atoms with Crippen molar-refractivity contribution in [2.75, 3.05) is 6.61 Å². The van der Waals surface area contributed by atoms with Crippen molar-refractivity contribution in [3.05, 3.63) is 11.6 Å². The fourth-order valence-electron chi connectivity index (χ4n) is 2.64. The number of esters is 1. The zero-order chi connectivity index (χ0) is 13.4. The van der Waals surface area contributed by atoms with Crippen LogP contribution >= 0.6 is 0 Å². The first-order valence-corrected chi connectivity index (χ1v) is 7.00. The first-order chi connectivity index (χ1) is 9.13. The lowest BCUT2D eigenvalue weighted by Crippen LogP contribution is -2.45. The van der Waals surface area contributed by atoms with E-state index in [1.807, 2.05) is 4.68 Å². The van der Waals surface area contributed by atoms with Crippen molar-refractivity contribution in [2.45, 2.75) is 57.7 Å². The van der Waals surface area contributed by atoms with E-state index >= 15 is 0 Å². The summed E-state index contributed by atoms with van der Waals surface area (Å²) < 4.78 is 6.96. The van der Waals surface area contributed by atoms with Gasteiger partial charge in [0, 0.05) is 24.8 Å². The summed E-state index contributed by atoms with van der Waals surface area (Å²) in [5.74, 6) is 2.22. The van der Waals surface area contributed by atoms with E-state index in [1.165, 1.54) is 0 Å². The van der Waals surface area contributed by atoms with E-state index in [4.69, 9.17) is 4.74 Å². The van der Waals surface area contributed by atoms with Crippen LogP contribution in [-0.2, 0) is 22.5 Å². The second-order valence-corrected chi connectivity index (χ2v) is 5.63. The third-order valence-electron chi connectivity index (χ3n) is 3.76. The average Bonchev–Trinajstić information content (AvgIpc) is 2.96. The first-order valence-electron chi connectivity index (χ1n) is 7.00. The molecule has 104 valence electrons. The molecule has 19 heavy (non-hydrogen) atoms. The van der Waals surface area contributed by atoms with E-state index in [-0.39, 0.29) is 18.1 Å². The minimum atomic E-state index is -0.139. The maximum Gasteiger partial charge on any atom is 0.323 e. The summed E-state index contributed by atoms with van der Waals surface area (Å²) in [6, 6.07) is 0.143. The van der Waals surface area contributed by atoms with Gasteiger partial charge in [-0.1, -0.05) is 13.8 Å². The van der Waals surface area contributed by atoms with E-state index in [2.05, 4.69) is 29.2 Å². The molecular formula is C13H20N4O2. The standard InChI is InChI=1S/C13H20N4O2/c1-8(2)12-15-11-4-3-9(7-17(11)16-12)14-10-5-6-19-13(10)18/h8-10,14H,3-7H2,1-2H3/t9-,10-/m1/s1. The molecule has 3 rings (SSSR count). The molecule has 0 aromatic carbocycles. The molecule has 1 N–H and O–H groups in total. The van der Waals surface area contributed by atoms with Gasteiger partial charge in [-0.15, -0.1) is 0 Å². The van der Waals surface area contributed by atoms with Crippen molar-refractivity contribution in [1.29, 1.82) is 0 Å². The Hall–Kier alpha value is -1.43. The highest BCUT2D eigenvalue weighted by Gasteiger charge is 2.30. The van der Waals surface area contributed by atoms with E-state index in [0.717, 1.165) is 37.5 Å². The normalized spacial score (nSPS) is 26.6. The molecule has 2 aliphatic heterocycles. The van der Waals surface area contributed by atoms with Crippen molar-refractivity contribution < 1.29 is 9.53 Å². The van der Waals surface area contributed by atoms with Gasteiger partial charge in [-0.3, -0.25) is 10.1 Å². The number of fused-ring (bicyclic) bond motifs is 1. The Labute approximate surface area is 112 Å². The number of hydrogen-bond donors (Lipinski definition) is 1. The summed E-state index contributed by atoms with van der Waals surface area (Å²) in [6.07, 6.45) is 2.69. The largest absolute Gasteiger partial charge is 0.464 e. The number of carbonyl (C=O) groups excluding carboxylic acids is 1. The number of aryl methyl sites for hydroxylation is 1. The van der Waals surface area contributed by atoms with Gasteiger partial charge in [0.2, 0.25) is 0 Å². The lowest BCUT2D eigenvalue weighted by atomic mass is 10.1. The van der Waals surface area contributed by atoms with Crippen molar-refractivity contribution in [1.82, 2.24) is 20.1 Å². The Morgan fingerprint density at radius 3 is 2.95 bits per heavy atom. The van der Waals surface area contributed by atoms with Gasteiger partial charge in [0.15, 0.2) is 5.82 Å². The van der Waals surface area contributed by atoms with E-state index < -0.39 is 0 Å². The van der Waals surface area contributed by atoms with Gasteiger partial charge in [-0.05, 0) is 6.42 Å². The van der Waals surface area contributed by atoms with Crippen LogP contribution in [0.15, 0.2) is 0 Å². The number of carbonyl (C=O) groups is 1. The fourth-order valence-corrected chi connectivity index (χ4v) is 2.64. The molecule has 0 unspecified atom stereocenters. The summed E-state index contributed by atoms with van der Waals surface area (Å²) in [5, 5.41) is 7.93. The highest BCUT2D eigenvalue weighted by Crippen LogP contribution is 2.18. The highest BCUT2D eigenvalue weighted by atomic mass is 16.5. The van der Waals surface area contributed by atoms with Crippen molar-refractivity contribution in [3.8, 4) is 0 Å². The van der Waals surface area contributed by atoms with Crippen LogP contribution in [0.25, 0.3) is 0 Å². The molecule has 3 heterocycles. The van der Waals surface area contributed by atoms with E-state index in [1.54, 1.807) is 0 Å². The zero-order valence-electron chi connectivity index (χ0n) is 11.4. The molecule has 1 saturated heterocycles. The topological polar surface area (TPSA) is 69.0 Å². The van der Waals surface area contributed by atoms with Gasteiger partial charge in [0.05, 0.1) is 13.2 Å². The molecule has 1 aromatic rings. The molecule has 2 atom stereocenters. The summed E-state index contributed by atoms with van der Waals surface area (Å²) in [7, 11) is 0. The van der Waals surface area contributed by atoms with Crippen LogP contribution in [0.5, 0.6) is 0 Å². The lowest BCUT2D eigenvalue weighted by Gasteiger charge is -2.25. The number of nitrogens with zero attached hydrogens (tertiary/aromatic N) is 3. The molecule has 1 fully saturated rings. The molecule has 0 saturated carbocycles. The van der Waals surface area contributed by atoms with Crippen LogP contribution in [0, 0.1) is 0 Å². The minimum absolute atomic E-state index is 0.118.